The van der Waals surface area contributed by atoms with Crippen LogP contribution in [0.5, 0.6) is 0 Å². The number of rotatable bonds is 5. The van der Waals surface area contributed by atoms with Gasteiger partial charge in [-0.05, 0) is 33.3 Å². The zero-order valence-electron chi connectivity index (χ0n) is 18.6. The predicted octanol–water partition coefficient (Wildman–Crippen LogP) is 7.85. The fourth-order valence-electron chi connectivity index (χ4n) is 3.72. The van der Waals surface area contributed by atoms with Gasteiger partial charge in [0, 0.05) is 23.7 Å². The third-order valence-corrected chi connectivity index (χ3v) is 12.1. The molecule has 0 aromatic carbocycles. The summed E-state index contributed by atoms with van der Waals surface area (Å²) in [5.41, 5.74) is 3.33. The average molecular weight is 382 g/mol. The average Bonchev–Trinajstić information content (AvgIpc) is 2.38. The van der Waals surface area contributed by atoms with Crippen LogP contribution in [-0.2, 0) is 12.3 Å². The Morgan fingerprint density at radius 3 is 1.56 bits per heavy atom. The number of hydrogen-bond acceptors (Lipinski definition) is 1. The molecule has 0 saturated heterocycles. The van der Waals surface area contributed by atoms with E-state index < -0.39 is 0 Å². The first-order valence-corrected chi connectivity index (χ1v) is 12.7. The molecule has 25 heavy (non-hydrogen) atoms. The summed E-state index contributed by atoms with van der Waals surface area (Å²) in [6, 6.07) is 6.71. The van der Waals surface area contributed by atoms with E-state index in [0.29, 0.717) is 15.5 Å². The lowest BCUT2D eigenvalue weighted by molar-refractivity contribution is 0.701. The first kappa shape index (κ1) is 23.0. The van der Waals surface area contributed by atoms with E-state index in [1.807, 2.05) is 0 Å². The molecule has 0 radical (unpaired) electrons. The normalized spacial score (nSPS) is 15.1. The summed E-state index contributed by atoms with van der Waals surface area (Å²) < 4.78 is 0. The molecule has 1 unspecified atom stereocenters. The van der Waals surface area contributed by atoms with Crippen LogP contribution in [0, 0.1) is 0 Å². The van der Waals surface area contributed by atoms with Gasteiger partial charge in [0.15, 0.2) is 0 Å². The Morgan fingerprint density at radius 1 is 0.760 bits per heavy atom. The molecule has 0 bridgehead atoms. The molecule has 144 valence electrons. The minimum absolute atomic E-state index is 0.0721. The van der Waals surface area contributed by atoms with E-state index >= 15 is 0 Å². The molecule has 1 aromatic heterocycles. The Bertz CT molecular complexity index is 530. The van der Waals surface area contributed by atoms with E-state index in [2.05, 4.69) is 94.4 Å². The van der Waals surface area contributed by atoms with E-state index in [4.69, 9.17) is 4.98 Å². The Balaban J connectivity index is 3.05. The zero-order valence-corrected chi connectivity index (χ0v) is 20.4. The van der Waals surface area contributed by atoms with Crippen molar-refractivity contribution < 1.29 is 0 Å². The van der Waals surface area contributed by atoms with Gasteiger partial charge in [-0.2, -0.15) is 0 Å². The molecule has 1 heterocycles. The third-order valence-electron chi connectivity index (χ3n) is 4.62. The molecule has 0 aliphatic carbocycles. The van der Waals surface area contributed by atoms with Crippen LogP contribution in [0.3, 0.4) is 0 Å². The fraction of sp³-hybridized carbons (Fsp3) is 0.773. The maximum atomic E-state index is 5.11. The second-order valence-electron chi connectivity index (χ2n) is 10.4. The molecule has 0 N–H and O–H groups in total. The molecule has 1 aromatic rings. The van der Waals surface area contributed by atoms with Crippen LogP contribution in [0.15, 0.2) is 18.2 Å². The smallest absolute Gasteiger partial charge is 0.0450 e. The molecule has 0 aliphatic rings. The summed E-state index contributed by atoms with van der Waals surface area (Å²) in [6.45, 7) is 26.3. The van der Waals surface area contributed by atoms with Crippen molar-refractivity contribution in [2.45, 2.75) is 110 Å². The van der Waals surface area contributed by atoms with E-state index in [0.717, 1.165) is 18.0 Å². The van der Waals surface area contributed by atoms with Gasteiger partial charge >= 0.3 is 0 Å². The van der Waals surface area contributed by atoms with Crippen molar-refractivity contribution in [3.05, 3.63) is 29.6 Å². The highest BCUT2D eigenvalue weighted by atomic mass is 31.1. The lowest BCUT2D eigenvalue weighted by Crippen LogP contribution is -2.26. The quantitative estimate of drug-likeness (QED) is 0.473. The number of pyridine rings is 1. The fourth-order valence-corrected chi connectivity index (χ4v) is 10.1. The van der Waals surface area contributed by atoms with Crippen molar-refractivity contribution in [2.24, 2.45) is 0 Å². The maximum Gasteiger partial charge on any atom is 0.0450 e. The highest BCUT2D eigenvalue weighted by Crippen LogP contribution is 2.61. The monoisotopic (exact) mass is 381 g/mol. The second-order valence-corrected chi connectivity index (χ2v) is 17.9. The van der Waals surface area contributed by atoms with E-state index in [9.17, 15) is 0 Å². The first-order valence-electron chi connectivity index (χ1n) is 9.61. The molecule has 1 nitrogen and oxygen atoms in total. The highest BCUT2D eigenvalue weighted by molar-refractivity contribution is 7.60. The summed E-state index contributed by atoms with van der Waals surface area (Å²) in [7, 11) is -0.216. The number of hydrogen-bond donors (Lipinski definition) is 0. The SMILES string of the molecule is CC(C)P(Cc1cccc(CP(C(C)(C)C)C(C)(C)C)n1)C(C)(C)C. The zero-order chi connectivity index (χ0) is 19.6. The second kappa shape index (κ2) is 8.35. The molecular weight excluding hydrogens is 340 g/mol. The summed E-state index contributed by atoms with van der Waals surface area (Å²) in [5.74, 6) is 0. The number of nitrogens with zero attached hydrogens (tertiary/aromatic N) is 1. The Hall–Kier alpha value is 0.01000. The highest BCUT2D eigenvalue weighted by Gasteiger charge is 2.34. The summed E-state index contributed by atoms with van der Waals surface area (Å²) >= 11 is 0. The first-order chi connectivity index (χ1) is 11.1. The molecule has 0 saturated carbocycles. The van der Waals surface area contributed by atoms with Crippen molar-refractivity contribution in [1.29, 1.82) is 0 Å². The van der Waals surface area contributed by atoms with Gasteiger partial charge in [0.25, 0.3) is 0 Å². The summed E-state index contributed by atoms with van der Waals surface area (Å²) in [5, 5.41) is 1.08. The van der Waals surface area contributed by atoms with Gasteiger partial charge in [0.1, 0.15) is 0 Å². The molecular formula is C22H41NP2. The predicted molar refractivity (Wildman–Crippen MR) is 120 cm³/mol. The van der Waals surface area contributed by atoms with Gasteiger partial charge in [-0.25, -0.2) is 0 Å². The molecule has 0 aliphatic heterocycles. The van der Waals surface area contributed by atoms with Gasteiger partial charge < -0.3 is 0 Å². The molecule has 1 atom stereocenters. The Labute approximate surface area is 160 Å². The van der Waals surface area contributed by atoms with Crippen LogP contribution < -0.4 is 0 Å². The largest absolute Gasteiger partial charge is 0.257 e. The number of aromatic nitrogens is 1. The lowest BCUT2D eigenvalue weighted by atomic mass is 10.2. The summed E-state index contributed by atoms with van der Waals surface area (Å²) in [4.78, 5) is 5.11. The van der Waals surface area contributed by atoms with Crippen molar-refractivity contribution in [2.75, 3.05) is 0 Å². The third kappa shape index (κ3) is 7.27. The molecule has 0 fully saturated rings. The summed E-state index contributed by atoms with van der Waals surface area (Å²) in [6.07, 6.45) is 2.28. The Kier molecular flexibility index (Phi) is 7.70. The minimum atomic E-state index is -0.144. The van der Waals surface area contributed by atoms with Crippen LogP contribution in [0.2, 0.25) is 0 Å². The van der Waals surface area contributed by atoms with Crippen molar-refractivity contribution in [3.63, 3.8) is 0 Å². The standard InChI is InChI=1S/C22H41NP2/c1-17(2)24(20(3,4)5)15-18-13-12-14-19(23-18)16-25(21(6,7)8)22(9,10)11/h12-14,17H,15-16H2,1-11H3. The van der Waals surface area contributed by atoms with Crippen molar-refractivity contribution in [1.82, 2.24) is 4.98 Å². The van der Waals surface area contributed by atoms with Crippen molar-refractivity contribution in [3.8, 4) is 0 Å². The Morgan fingerprint density at radius 2 is 1.20 bits per heavy atom. The topological polar surface area (TPSA) is 12.9 Å². The van der Waals surface area contributed by atoms with Gasteiger partial charge in [-0.15, -0.1) is 0 Å². The van der Waals surface area contributed by atoms with Crippen LogP contribution in [0.1, 0.15) is 87.5 Å². The molecule has 3 heteroatoms. The van der Waals surface area contributed by atoms with Crippen LogP contribution in [0.25, 0.3) is 0 Å². The lowest BCUT2D eigenvalue weighted by Gasteiger charge is -2.41. The van der Waals surface area contributed by atoms with Crippen LogP contribution >= 0.6 is 15.8 Å². The molecule has 1 rings (SSSR count). The minimum Gasteiger partial charge on any atom is -0.257 e. The van der Waals surface area contributed by atoms with E-state index in [-0.39, 0.29) is 15.8 Å². The van der Waals surface area contributed by atoms with Gasteiger partial charge in [-0.1, -0.05) is 98.1 Å². The van der Waals surface area contributed by atoms with Gasteiger partial charge in [-0.3, -0.25) is 4.98 Å². The van der Waals surface area contributed by atoms with Crippen LogP contribution in [-0.4, -0.2) is 26.1 Å². The van der Waals surface area contributed by atoms with E-state index in [1.165, 1.54) is 11.4 Å². The molecule has 0 amide bonds. The van der Waals surface area contributed by atoms with Gasteiger partial charge in [0.2, 0.25) is 0 Å². The maximum absolute atomic E-state index is 5.11. The van der Waals surface area contributed by atoms with Crippen LogP contribution in [0.4, 0.5) is 0 Å². The van der Waals surface area contributed by atoms with E-state index in [1.54, 1.807) is 0 Å². The van der Waals surface area contributed by atoms with Gasteiger partial charge in [0.05, 0.1) is 0 Å². The molecule has 0 spiro atoms. The van der Waals surface area contributed by atoms with Crippen molar-refractivity contribution >= 4 is 15.8 Å².